The molecule has 0 heterocycles. The number of rotatable bonds is 7. The predicted octanol–water partition coefficient (Wildman–Crippen LogP) is 5.19. The van der Waals surface area contributed by atoms with E-state index in [9.17, 15) is 9.59 Å². The maximum absolute atomic E-state index is 12.7. The lowest BCUT2D eigenvalue weighted by Gasteiger charge is -2.56. The van der Waals surface area contributed by atoms with Gasteiger partial charge in [-0.15, -0.1) is 0 Å². The van der Waals surface area contributed by atoms with Crippen molar-refractivity contribution in [3.63, 3.8) is 0 Å². The van der Waals surface area contributed by atoms with Crippen LogP contribution in [0.3, 0.4) is 0 Å². The Morgan fingerprint density at radius 1 is 1.04 bits per heavy atom. The summed E-state index contributed by atoms with van der Waals surface area (Å²) in [5.41, 5.74) is 1.54. The van der Waals surface area contributed by atoms with Crippen molar-refractivity contribution in [1.82, 2.24) is 0 Å². The van der Waals surface area contributed by atoms with Crippen LogP contribution in [0.5, 0.6) is 0 Å². The molecule has 0 spiro atoms. The Bertz CT molecular complexity index is 659. The van der Waals surface area contributed by atoms with Crippen LogP contribution in [0.25, 0.3) is 0 Å². The zero-order chi connectivity index (χ0) is 18.9. The second-order valence-electron chi connectivity index (χ2n) is 9.21. The molecule has 5 rings (SSSR count). The number of nitrogens with one attached hydrogen (secondary N) is 1. The molecule has 0 radical (unpaired) electrons. The summed E-state index contributed by atoms with van der Waals surface area (Å²) >= 11 is 0. The second kappa shape index (κ2) is 7.65. The summed E-state index contributed by atoms with van der Waals surface area (Å²) in [7, 11) is 0. The number of carbonyl (C=O) groups excluding carboxylic acids is 2. The fourth-order valence-corrected chi connectivity index (χ4v) is 6.13. The number of esters is 1. The number of amides is 1. The number of unbranched alkanes of at least 4 members (excludes halogenated alkanes) is 1. The van der Waals surface area contributed by atoms with E-state index in [0.29, 0.717) is 18.6 Å². The van der Waals surface area contributed by atoms with Crippen molar-refractivity contribution in [3.05, 3.63) is 29.8 Å². The SMILES string of the molecule is CCCCOC(=O)c1ccc(NC(=O)CC23CC4CC(CC(C4)C2)C3)cc1. The minimum absolute atomic E-state index is 0.121. The minimum atomic E-state index is -0.296. The zero-order valence-corrected chi connectivity index (χ0v) is 16.3. The largest absolute Gasteiger partial charge is 0.462 e. The Kier molecular flexibility index (Phi) is 5.25. The van der Waals surface area contributed by atoms with Crippen molar-refractivity contribution >= 4 is 17.6 Å². The lowest BCUT2D eigenvalue weighted by Crippen LogP contribution is -2.47. The number of anilines is 1. The summed E-state index contributed by atoms with van der Waals surface area (Å²) in [6.45, 7) is 2.52. The molecule has 146 valence electrons. The maximum Gasteiger partial charge on any atom is 0.338 e. The average Bonchev–Trinajstić information content (AvgIpc) is 2.60. The fourth-order valence-electron chi connectivity index (χ4n) is 6.13. The summed E-state index contributed by atoms with van der Waals surface area (Å²) < 4.78 is 5.22. The van der Waals surface area contributed by atoms with Crippen molar-refractivity contribution < 1.29 is 14.3 Å². The first kappa shape index (κ1) is 18.5. The summed E-state index contributed by atoms with van der Waals surface area (Å²) in [4.78, 5) is 24.6. The Morgan fingerprint density at radius 3 is 2.19 bits per heavy atom. The molecular formula is C23H31NO3. The molecule has 0 aromatic heterocycles. The van der Waals surface area contributed by atoms with Gasteiger partial charge in [-0.05, 0) is 92.4 Å². The molecule has 4 nitrogen and oxygen atoms in total. The van der Waals surface area contributed by atoms with Crippen molar-refractivity contribution in [2.75, 3.05) is 11.9 Å². The van der Waals surface area contributed by atoms with E-state index in [2.05, 4.69) is 12.2 Å². The molecule has 1 amide bonds. The number of hydrogen-bond donors (Lipinski definition) is 1. The highest BCUT2D eigenvalue weighted by Gasteiger charge is 2.51. The third-order valence-electron chi connectivity index (χ3n) is 6.84. The van der Waals surface area contributed by atoms with E-state index >= 15 is 0 Å². The third kappa shape index (κ3) is 4.20. The van der Waals surface area contributed by atoms with Crippen LogP contribution in [0.1, 0.15) is 75.1 Å². The average molecular weight is 370 g/mol. The molecule has 0 aliphatic heterocycles. The van der Waals surface area contributed by atoms with Gasteiger partial charge in [0, 0.05) is 12.1 Å². The van der Waals surface area contributed by atoms with Gasteiger partial charge < -0.3 is 10.1 Å². The van der Waals surface area contributed by atoms with E-state index in [-0.39, 0.29) is 17.3 Å². The highest BCUT2D eigenvalue weighted by atomic mass is 16.5. The standard InChI is InChI=1S/C23H31NO3/c1-2-3-8-27-22(26)19-4-6-20(7-5-19)24-21(25)15-23-12-16-9-17(13-23)11-18(10-16)14-23/h4-7,16-18H,2-3,8-15H2,1H3,(H,24,25). The molecule has 1 N–H and O–H groups in total. The monoisotopic (exact) mass is 369 g/mol. The van der Waals surface area contributed by atoms with E-state index < -0.39 is 0 Å². The fraction of sp³-hybridized carbons (Fsp3) is 0.652. The van der Waals surface area contributed by atoms with Gasteiger partial charge in [-0.2, -0.15) is 0 Å². The molecule has 4 fully saturated rings. The molecule has 4 saturated carbocycles. The molecule has 4 aliphatic carbocycles. The molecule has 0 atom stereocenters. The van der Waals surface area contributed by atoms with Gasteiger partial charge in [0.25, 0.3) is 0 Å². The third-order valence-corrected chi connectivity index (χ3v) is 6.84. The van der Waals surface area contributed by atoms with Gasteiger partial charge in [-0.1, -0.05) is 13.3 Å². The Labute approximate surface area is 162 Å². The van der Waals surface area contributed by atoms with Crippen LogP contribution in [0.2, 0.25) is 0 Å². The van der Waals surface area contributed by atoms with Crippen LogP contribution < -0.4 is 5.32 Å². The van der Waals surface area contributed by atoms with Gasteiger partial charge in [-0.25, -0.2) is 4.79 Å². The van der Waals surface area contributed by atoms with E-state index in [1.807, 2.05) is 0 Å². The van der Waals surface area contributed by atoms with Crippen LogP contribution in [0, 0.1) is 23.2 Å². The summed E-state index contributed by atoms with van der Waals surface area (Å²) in [6.07, 6.45) is 10.5. The molecular weight excluding hydrogens is 338 g/mol. The first-order valence-electron chi connectivity index (χ1n) is 10.6. The molecule has 27 heavy (non-hydrogen) atoms. The van der Waals surface area contributed by atoms with Crippen LogP contribution in [0.4, 0.5) is 5.69 Å². The van der Waals surface area contributed by atoms with E-state index in [1.165, 1.54) is 38.5 Å². The molecule has 4 heteroatoms. The first-order chi connectivity index (χ1) is 13.0. The molecule has 1 aromatic carbocycles. The van der Waals surface area contributed by atoms with Gasteiger partial charge in [-0.3, -0.25) is 4.79 Å². The molecule has 4 aliphatic rings. The summed E-state index contributed by atoms with van der Waals surface area (Å²) in [6, 6.07) is 7.06. The smallest absolute Gasteiger partial charge is 0.338 e. The zero-order valence-electron chi connectivity index (χ0n) is 16.3. The molecule has 4 bridgehead atoms. The highest BCUT2D eigenvalue weighted by molar-refractivity contribution is 5.93. The van der Waals surface area contributed by atoms with Crippen molar-refractivity contribution in [2.45, 2.75) is 64.7 Å². The Morgan fingerprint density at radius 2 is 1.63 bits per heavy atom. The van der Waals surface area contributed by atoms with Gasteiger partial charge in [0.05, 0.1) is 12.2 Å². The number of ether oxygens (including phenoxy) is 1. The topological polar surface area (TPSA) is 55.4 Å². The van der Waals surface area contributed by atoms with Crippen molar-refractivity contribution in [3.8, 4) is 0 Å². The van der Waals surface area contributed by atoms with Gasteiger partial charge >= 0.3 is 5.97 Å². The van der Waals surface area contributed by atoms with Crippen LogP contribution >= 0.6 is 0 Å². The van der Waals surface area contributed by atoms with E-state index in [1.54, 1.807) is 24.3 Å². The van der Waals surface area contributed by atoms with Crippen molar-refractivity contribution in [1.29, 1.82) is 0 Å². The summed E-state index contributed by atoms with van der Waals surface area (Å²) in [5.74, 6) is 2.41. The van der Waals surface area contributed by atoms with E-state index in [0.717, 1.165) is 36.3 Å². The Hall–Kier alpha value is -1.84. The van der Waals surface area contributed by atoms with Crippen LogP contribution in [0.15, 0.2) is 24.3 Å². The van der Waals surface area contributed by atoms with E-state index in [4.69, 9.17) is 4.74 Å². The van der Waals surface area contributed by atoms with Crippen LogP contribution in [-0.4, -0.2) is 18.5 Å². The summed E-state index contributed by atoms with van der Waals surface area (Å²) in [5, 5.41) is 3.04. The van der Waals surface area contributed by atoms with Gasteiger partial charge in [0.2, 0.25) is 5.91 Å². The van der Waals surface area contributed by atoms with Gasteiger partial charge in [0.1, 0.15) is 0 Å². The predicted molar refractivity (Wildman–Crippen MR) is 105 cm³/mol. The maximum atomic E-state index is 12.7. The normalized spacial score (nSPS) is 30.9. The minimum Gasteiger partial charge on any atom is -0.462 e. The van der Waals surface area contributed by atoms with Gasteiger partial charge in [0.15, 0.2) is 0 Å². The Balaban J connectivity index is 1.31. The second-order valence-corrected chi connectivity index (χ2v) is 9.21. The lowest BCUT2D eigenvalue weighted by molar-refractivity contribution is -0.124. The molecule has 0 unspecified atom stereocenters. The quantitative estimate of drug-likeness (QED) is 0.532. The highest BCUT2D eigenvalue weighted by Crippen LogP contribution is 2.61. The number of carbonyl (C=O) groups is 2. The lowest BCUT2D eigenvalue weighted by atomic mass is 9.49. The number of benzene rings is 1. The molecule has 1 aromatic rings. The molecule has 0 saturated heterocycles. The van der Waals surface area contributed by atoms with Crippen molar-refractivity contribution in [2.24, 2.45) is 23.2 Å². The first-order valence-corrected chi connectivity index (χ1v) is 10.6. The number of hydrogen-bond acceptors (Lipinski definition) is 3. The van der Waals surface area contributed by atoms with Crippen LogP contribution in [-0.2, 0) is 9.53 Å².